The Bertz CT molecular complexity index is 1010. The number of methoxy groups -OCH3 is 1. The van der Waals surface area contributed by atoms with E-state index in [0.717, 1.165) is 19.2 Å². The minimum Gasteiger partial charge on any atom is -0.615 e. The molecule has 7 nitrogen and oxygen atoms in total. The number of ether oxygens (including phenoxy) is 1. The van der Waals surface area contributed by atoms with Crippen molar-refractivity contribution >= 4 is 22.7 Å². The van der Waals surface area contributed by atoms with E-state index in [-0.39, 0.29) is 22.5 Å². The van der Waals surface area contributed by atoms with Crippen LogP contribution in [0.3, 0.4) is 0 Å². The largest absolute Gasteiger partial charge is 0.615 e. The van der Waals surface area contributed by atoms with Crippen LogP contribution in [0, 0.1) is 10.1 Å². The maximum atomic E-state index is 13.7. The summed E-state index contributed by atoms with van der Waals surface area (Å²) in [7, 11) is 1.03. The lowest BCUT2D eigenvalue weighted by Crippen LogP contribution is -2.40. The molecular formula is C18H12F3N3O4. The SMILES string of the molecule is CO/C([O-])=C1/N=C(C(F)(F)F)C([n+]2ccccc2)=C1c1ccc([N+](=O)[O-])cc1. The standard InChI is InChI=1S/C18H12F3N3O4/c1-28-17(25)14-13(11-5-7-12(8-6-11)24(26)27)15(16(22-14)18(19,20)21)23-9-3-2-4-10-23/h2-10H,1H3. The highest BCUT2D eigenvalue weighted by molar-refractivity contribution is 6.30. The van der Waals surface area contributed by atoms with Gasteiger partial charge in [-0.2, -0.15) is 17.7 Å². The normalized spacial score (nSPS) is 16.1. The highest BCUT2D eigenvalue weighted by atomic mass is 19.4. The molecule has 28 heavy (non-hydrogen) atoms. The van der Waals surface area contributed by atoms with Gasteiger partial charge in [0.1, 0.15) is 5.70 Å². The Morgan fingerprint density at radius 2 is 1.75 bits per heavy atom. The minimum atomic E-state index is -4.85. The second-order valence-corrected chi connectivity index (χ2v) is 5.61. The molecule has 0 saturated carbocycles. The van der Waals surface area contributed by atoms with Gasteiger partial charge in [0, 0.05) is 24.3 Å². The molecule has 1 aliphatic heterocycles. The van der Waals surface area contributed by atoms with Crippen LogP contribution < -0.4 is 9.67 Å². The van der Waals surface area contributed by atoms with Crippen LogP contribution in [0.5, 0.6) is 0 Å². The summed E-state index contributed by atoms with van der Waals surface area (Å²) in [6.45, 7) is 0. The van der Waals surface area contributed by atoms with Crippen LogP contribution in [-0.2, 0) is 4.74 Å². The fraction of sp³-hybridized carbons (Fsp3) is 0.111. The predicted molar refractivity (Wildman–Crippen MR) is 90.4 cm³/mol. The second-order valence-electron chi connectivity index (χ2n) is 5.61. The van der Waals surface area contributed by atoms with Crippen LogP contribution in [0.15, 0.2) is 71.5 Å². The monoisotopic (exact) mass is 391 g/mol. The molecule has 0 N–H and O–H groups in total. The van der Waals surface area contributed by atoms with E-state index in [2.05, 4.69) is 9.73 Å². The molecule has 144 valence electrons. The number of nitro benzene ring substituents is 1. The molecule has 1 aromatic heterocycles. The molecule has 0 fully saturated rings. The van der Waals surface area contributed by atoms with Gasteiger partial charge in [-0.25, -0.2) is 4.99 Å². The number of aliphatic imine (C=N–C) groups is 1. The number of nitro groups is 1. The van der Waals surface area contributed by atoms with Gasteiger partial charge in [0.25, 0.3) is 11.4 Å². The van der Waals surface area contributed by atoms with Gasteiger partial charge < -0.3 is 9.84 Å². The Hall–Kier alpha value is -3.69. The first kappa shape index (κ1) is 19.1. The number of rotatable bonds is 4. The number of benzene rings is 1. The molecule has 0 spiro atoms. The molecule has 0 bridgehead atoms. The quantitative estimate of drug-likeness (QED) is 0.346. The molecule has 0 saturated heterocycles. The van der Waals surface area contributed by atoms with Crippen molar-refractivity contribution in [1.82, 2.24) is 0 Å². The third kappa shape index (κ3) is 3.43. The third-order valence-corrected chi connectivity index (χ3v) is 3.91. The van der Waals surface area contributed by atoms with Crippen molar-refractivity contribution in [1.29, 1.82) is 0 Å². The van der Waals surface area contributed by atoms with Crippen molar-refractivity contribution in [2.45, 2.75) is 6.18 Å². The molecule has 0 unspecified atom stereocenters. The maximum Gasteiger partial charge on any atom is 0.440 e. The van der Waals surface area contributed by atoms with Crippen molar-refractivity contribution in [3.05, 3.63) is 82.2 Å². The van der Waals surface area contributed by atoms with Crippen LogP contribution in [0.2, 0.25) is 0 Å². The van der Waals surface area contributed by atoms with Crippen LogP contribution in [0.4, 0.5) is 18.9 Å². The van der Waals surface area contributed by atoms with Crippen molar-refractivity contribution < 1.29 is 32.5 Å². The lowest BCUT2D eigenvalue weighted by molar-refractivity contribution is -0.575. The molecule has 1 aromatic carbocycles. The molecule has 0 amide bonds. The van der Waals surface area contributed by atoms with Gasteiger partial charge in [0.2, 0.25) is 5.71 Å². The van der Waals surface area contributed by atoms with E-state index in [1.54, 1.807) is 6.07 Å². The average Bonchev–Trinajstić information content (AvgIpc) is 3.09. The summed E-state index contributed by atoms with van der Waals surface area (Å²) >= 11 is 0. The number of hydrogen-bond acceptors (Lipinski definition) is 5. The zero-order chi connectivity index (χ0) is 20.5. The van der Waals surface area contributed by atoms with Crippen LogP contribution in [-0.4, -0.2) is 23.9 Å². The fourth-order valence-corrected chi connectivity index (χ4v) is 2.72. The molecule has 0 atom stereocenters. The number of non-ortho nitro benzene ring substituents is 1. The smallest absolute Gasteiger partial charge is 0.440 e. The number of hydrogen-bond donors (Lipinski definition) is 0. The van der Waals surface area contributed by atoms with Gasteiger partial charge in [-0.15, -0.1) is 0 Å². The molecule has 3 rings (SSSR count). The summed E-state index contributed by atoms with van der Waals surface area (Å²) in [6.07, 6.45) is -2.09. The van der Waals surface area contributed by atoms with Crippen LogP contribution in [0.1, 0.15) is 5.56 Å². The molecule has 1 aliphatic rings. The Balaban J connectivity index is 2.34. The van der Waals surface area contributed by atoms with Crippen molar-refractivity contribution in [2.24, 2.45) is 4.99 Å². The van der Waals surface area contributed by atoms with Gasteiger partial charge >= 0.3 is 6.18 Å². The maximum absolute atomic E-state index is 13.7. The van der Waals surface area contributed by atoms with Crippen molar-refractivity contribution in [3.63, 3.8) is 0 Å². The lowest BCUT2D eigenvalue weighted by Gasteiger charge is -2.13. The van der Waals surface area contributed by atoms with Gasteiger partial charge in [0.05, 0.1) is 16.4 Å². The van der Waals surface area contributed by atoms with E-state index in [0.29, 0.717) is 0 Å². The highest BCUT2D eigenvalue weighted by Gasteiger charge is 2.48. The lowest BCUT2D eigenvalue weighted by atomic mass is 10.0. The third-order valence-electron chi connectivity index (χ3n) is 3.91. The zero-order valence-corrected chi connectivity index (χ0v) is 14.3. The van der Waals surface area contributed by atoms with Crippen molar-refractivity contribution in [3.8, 4) is 0 Å². The highest BCUT2D eigenvalue weighted by Crippen LogP contribution is 2.40. The van der Waals surface area contributed by atoms with E-state index < -0.39 is 28.5 Å². The second kappa shape index (κ2) is 7.14. The summed E-state index contributed by atoms with van der Waals surface area (Å²) in [5.41, 5.74) is -2.40. The summed E-state index contributed by atoms with van der Waals surface area (Å²) in [4.78, 5) is 13.7. The number of allylic oxidation sites excluding steroid dienone is 2. The fourth-order valence-electron chi connectivity index (χ4n) is 2.72. The molecule has 2 heterocycles. The Labute approximate surface area is 156 Å². The van der Waals surface area contributed by atoms with Gasteiger partial charge in [-0.05, 0) is 24.8 Å². The van der Waals surface area contributed by atoms with Gasteiger partial charge in [0.15, 0.2) is 12.4 Å². The number of aromatic nitrogens is 1. The van der Waals surface area contributed by atoms with E-state index in [1.165, 1.54) is 41.2 Å². The number of pyridine rings is 1. The van der Waals surface area contributed by atoms with Gasteiger partial charge in [-0.1, -0.05) is 6.07 Å². The molecule has 2 aromatic rings. The van der Waals surface area contributed by atoms with Crippen LogP contribution in [0.25, 0.3) is 11.3 Å². The first-order valence-electron chi connectivity index (χ1n) is 7.81. The summed E-state index contributed by atoms with van der Waals surface area (Å²) in [6, 6.07) is 9.44. The summed E-state index contributed by atoms with van der Waals surface area (Å²) < 4.78 is 46.8. The number of nitrogens with zero attached hydrogens (tertiary/aromatic N) is 3. The number of alkyl halides is 3. The molecule has 0 aliphatic carbocycles. The first-order valence-corrected chi connectivity index (χ1v) is 7.81. The average molecular weight is 391 g/mol. The topological polar surface area (TPSA) is 91.7 Å². The first-order chi connectivity index (χ1) is 13.2. The van der Waals surface area contributed by atoms with Crippen molar-refractivity contribution in [2.75, 3.05) is 7.11 Å². The molecule has 10 heteroatoms. The summed E-state index contributed by atoms with van der Waals surface area (Å²) in [5.74, 6) is -1.05. The zero-order valence-electron chi connectivity index (χ0n) is 14.3. The Morgan fingerprint density at radius 3 is 2.25 bits per heavy atom. The number of halogens is 3. The Kier molecular flexibility index (Phi) is 4.87. The van der Waals surface area contributed by atoms with E-state index >= 15 is 0 Å². The summed E-state index contributed by atoms with van der Waals surface area (Å²) in [5, 5.41) is 23.0. The Morgan fingerprint density at radius 1 is 1.14 bits per heavy atom. The van der Waals surface area contributed by atoms with E-state index in [4.69, 9.17) is 0 Å². The van der Waals surface area contributed by atoms with Gasteiger partial charge in [-0.3, -0.25) is 10.1 Å². The van der Waals surface area contributed by atoms with Crippen LogP contribution >= 0.6 is 0 Å². The molecule has 0 radical (unpaired) electrons. The van der Waals surface area contributed by atoms with E-state index in [1.807, 2.05) is 0 Å². The minimum absolute atomic E-state index is 0.134. The van der Waals surface area contributed by atoms with E-state index in [9.17, 15) is 28.4 Å². The predicted octanol–water partition coefficient (Wildman–Crippen LogP) is 2.44. The molecular weight excluding hydrogens is 379 g/mol.